The summed E-state index contributed by atoms with van der Waals surface area (Å²) in [6, 6.07) is 5.32. The highest BCUT2D eigenvalue weighted by molar-refractivity contribution is 5.94. The molecule has 0 radical (unpaired) electrons. The van der Waals surface area contributed by atoms with Crippen LogP contribution in [0.15, 0.2) is 36.8 Å². The number of rotatable bonds is 2. The summed E-state index contributed by atoms with van der Waals surface area (Å²) in [4.78, 5) is 26.5. The van der Waals surface area contributed by atoms with Crippen molar-refractivity contribution in [3.63, 3.8) is 0 Å². The van der Waals surface area contributed by atoms with Crippen molar-refractivity contribution in [2.75, 3.05) is 12.3 Å². The summed E-state index contributed by atoms with van der Waals surface area (Å²) < 4.78 is 0. The number of aromatic nitrogens is 3. The minimum atomic E-state index is -0.0343. The van der Waals surface area contributed by atoms with Gasteiger partial charge in [0.1, 0.15) is 0 Å². The fraction of sp³-hybridized carbons (Fsp3) is 0.286. The van der Waals surface area contributed by atoms with Gasteiger partial charge in [0.25, 0.3) is 5.91 Å². The molecule has 3 rings (SSSR count). The number of anilines is 1. The molecule has 6 nitrogen and oxygen atoms in total. The van der Waals surface area contributed by atoms with E-state index in [9.17, 15) is 4.79 Å². The zero-order valence-electron chi connectivity index (χ0n) is 10.9. The molecule has 0 aromatic carbocycles. The van der Waals surface area contributed by atoms with E-state index in [4.69, 9.17) is 5.73 Å². The number of carbonyl (C=O) groups excluding carboxylic acids is 1. The van der Waals surface area contributed by atoms with E-state index < -0.39 is 0 Å². The number of nitrogen functional groups attached to an aromatic ring is 1. The first-order valence-corrected chi connectivity index (χ1v) is 6.55. The van der Waals surface area contributed by atoms with E-state index in [1.54, 1.807) is 30.7 Å². The lowest BCUT2D eigenvalue weighted by atomic mass is 10.1. The van der Waals surface area contributed by atoms with Crippen molar-refractivity contribution in [3.8, 4) is 0 Å². The molecule has 1 unspecified atom stereocenters. The van der Waals surface area contributed by atoms with Crippen molar-refractivity contribution < 1.29 is 4.79 Å². The second-order valence-electron chi connectivity index (χ2n) is 4.74. The number of amides is 1. The Morgan fingerprint density at radius 3 is 3.00 bits per heavy atom. The highest BCUT2D eigenvalue weighted by Gasteiger charge is 2.31. The van der Waals surface area contributed by atoms with Gasteiger partial charge in [0.05, 0.1) is 17.3 Å². The van der Waals surface area contributed by atoms with Gasteiger partial charge in [-0.1, -0.05) is 0 Å². The van der Waals surface area contributed by atoms with Gasteiger partial charge in [0.2, 0.25) is 5.95 Å². The van der Waals surface area contributed by atoms with Gasteiger partial charge in [-0.25, -0.2) is 9.97 Å². The zero-order chi connectivity index (χ0) is 13.9. The van der Waals surface area contributed by atoms with Crippen LogP contribution in [-0.2, 0) is 0 Å². The first kappa shape index (κ1) is 12.5. The first-order chi connectivity index (χ1) is 9.75. The molecule has 2 N–H and O–H groups in total. The van der Waals surface area contributed by atoms with Crippen molar-refractivity contribution in [1.29, 1.82) is 0 Å². The van der Waals surface area contributed by atoms with Crippen LogP contribution in [0.5, 0.6) is 0 Å². The third-order valence-electron chi connectivity index (χ3n) is 3.46. The van der Waals surface area contributed by atoms with Gasteiger partial charge in [0, 0.05) is 25.1 Å². The highest BCUT2D eigenvalue weighted by Crippen LogP contribution is 2.31. The molecule has 0 bridgehead atoms. The smallest absolute Gasteiger partial charge is 0.255 e. The molecule has 0 spiro atoms. The summed E-state index contributed by atoms with van der Waals surface area (Å²) in [6.07, 6.45) is 6.72. The predicted molar refractivity (Wildman–Crippen MR) is 73.7 cm³/mol. The van der Waals surface area contributed by atoms with Crippen molar-refractivity contribution >= 4 is 11.9 Å². The molecule has 20 heavy (non-hydrogen) atoms. The first-order valence-electron chi connectivity index (χ1n) is 6.55. The number of pyridine rings is 1. The summed E-state index contributed by atoms with van der Waals surface area (Å²) in [5.41, 5.74) is 7.02. The third-order valence-corrected chi connectivity index (χ3v) is 3.46. The van der Waals surface area contributed by atoms with Crippen molar-refractivity contribution in [3.05, 3.63) is 48.0 Å². The Balaban J connectivity index is 1.88. The standard InChI is InChI=1S/C14H15N5O/c15-14-17-7-5-11(18-14)12-4-2-8-19(12)13(20)10-3-1-6-16-9-10/h1,3,5-7,9,12H,2,4,8H2,(H2,15,17,18). The third kappa shape index (κ3) is 2.32. The van der Waals surface area contributed by atoms with E-state index in [1.807, 2.05) is 11.0 Å². The van der Waals surface area contributed by atoms with Crippen LogP contribution in [0.1, 0.15) is 34.9 Å². The SMILES string of the molecule is Nc1nccc(C2CCCN2C(=O)c2cccnc2)n1. The van der Waals surface area contributed by atoms with E-state index in [0.717, 1.165) is 25.1 Å². The summed E-state index contributed by atoms with van der Waals surface area (Å²) >= 11 is 0. The summed E-state index contributed by atoms with van der Waals surface area (Å²) in [7, 11) is 0. The molecule has 1 amide bonds. The van der Waals surface area contributed by atoms with Gasteiger partial charge in [-0.2, -0.15) is 0 Å². The van der Waals surface area contributed by atoms with Gasteiger partial charge < -0.3 is 10.6 Å². The van der Waals surface area contributed by atoms with Gasteiger partial charge >= 0.3 is 0 Å². The largest absolute Gasteiger partial charge is 0.368 e. The molecular formula is C14H15N5O. The Hall–Kier alpha value is -2.50. The molecule has 6 heteroatoms. The van der Waals surface area contributed by atoms with E-state index >= 15 is 0 Å². The van der Waals surface area contributed by atoms with Crippen molar-refractivity contribution in [2.24, 2.45) is 0 Å². The maximum Gasteiger partial charge on any atom is 0.255 e. The lowest BCUT2D eigenvalue weighted by Crippen LogP contribution is -2.31. The monoisotopic (exact) mass is 269 g/mol. The van der Waals surface area contributed by atoms with Crippen LogP contribution in [-0.4, -0.2) is 32.3 Å². The molecule has 1 aliphatic heterocycles. The second kappa shape index (κ2) is 5.24. The average Bonchev–Trinajstić information content (AvgIpc) is 2.97. The number of hydrogen-bond acceptors (Lipinski definition) is 5. The van der Waals surface area contributed by atoms with Crippen LogP contribution < -0.4 is 5.73 Å². The summed E-state index contributed by atoms with van der Waals surface area (Å²) in [6.45, 7) is 0.725. The quantitative estimate of drug-likeness (QED) is 0.891. The Morgan fingerprint density at radius 2 is 2.25 bits per heavy atom. The maximum atomic E-state index is 12.5. The van der Waals surface area contributed by atoms with Crippen LogP contribution in [0.25, 0.3) is 0 Å². The minimum absolute atomic E-state index is 0.0159. The Bertz CT molecular complexity index is 616. The lowest BCUT2D eigenvalue weighted by Gasteiger charge is -2.24. The van der Waals surface area contributed by atoms with Crippen LogP contribution >= 0.6 is 0 Å². The number of likely N-dealkylation sites (tertiary alicyclic amines) is 1. The molecular weight excluding hydrogens is 254 g/mol. The highest BCUT2D eigenvalue weighted by atomic mass is 16.2. The fourth-order valence-corrected chi connectivity index (χ4v) is 2.55. The van der Waals surface area contributed by atoms with E-state index in [-0.39, 0.29) is 17.9 Å². The van der Waals surface area contributed by atoms with E-state index in [2.05, 4.69) is 15.0 Å². The van der Waals surface area contributed by atoms with E-state index in [1.165, 1.54) is 0 Å². The molecule has 0 aliphatic carbocycles. The number of carbonyl (C=O) groups is 1. The Labute approximate surface area is 116 Å². The van der Waals surface area contributed by atoms with Gasteiger partial charge in [-0.15, -0.1) is 0 Å². The predicted octanol–water partition coefficient (Wildman–Crippen LogP) is 1.43. The van der Waals surface area contributed by atoms with E-state index in [0.29, 0.717) is 5.56 Å². The summed E-state index contributed by atoms with van der Waals surface area (Å²) in [5, 5.41) is 0. The molecule has 102 valence electrons. The normalized spacial score (nSPS) is 18.2. The Morgan fingerprint density at radius 1 is 1.35 bits per heavy atom. The average molecular weight is 269 g/mol. The molecule has 1 aliphatic rings. The fourth-order valence-electron chi connectivity index (χ4n) is 2.55. The lowest BCUT2D eigenvalue weighted by molar-refractivity contribution is 0.0732. The molecule has 2 aromatic rings. The van der Waals surface area contributed by atoms with Crippen molar-refractivity contribution in [2.45, 2.75) is 18.9 Å². The zero-order valence-corrected chi connectivity index (χ0v) is 10.9. The molecule has 2 aromatic heterocycles. The van der Waals surface area contributed by atoms with Crippen LogP contribution in [0.2, 0.25) is 0 Å². The molecule has 1 fully saturated rings. The van der Waals surface area contributed by atoms with Crippen LogP contribution in [0, 0.1) is 0 Å². The molecule has 1 saturated heterocycles. The topological polar surface area (TPSA) is 85.0 Å². The number of nitrogens with two attached hydrogens (primary N) is 1. The second-order valence-corrected chi connectivity index (χ2v) is 4.74. The minimum Gasteiger partial charge on any atom is -0.368 e. The van der Waals surface area contributed by atoms with Gasteiger partial charge in [-0.3, -0.25) is 9.78 Å². The van der Waals surface area contributed by atoms with Gasteiger partial charge in [0.15, 0.2) is 0 Å². The molecule has 0 saturated carbocycles. The molecule has 3 heterocycles. The number of hydrogen-bond donors (Lipinski definition) is 1. The van der Waals surface area contributed by atoms with Crippen molar-refractivity contribution in [1.82, 2.24) is 19.9 Å². The van der Waals surface area contributed by atoms with Gasteiger partial charge in [-0.05, 0) is 31.0 Å². The maximum absolute atomic E-state index is 12.5. The molecule has 1 atom stereocenters. The Kier molecular flexibility index (Phi) is 3.28. The number of nitrogens with zero attached hydrogens (tertiary/aromatic N) is 4. The van der Waals surface area contributed by atoms with Crippen LogP contribution in [0.4, 0.5) is 5.95 Å². The van der Waals surface area contributed by atoms with Crippen LogP contribution in [0.3, 0.4) is 0 Å². The summed E-state index contributed by atoms with van der Waals surface area (Å²) in [5.74, 6) is 0.223.